The Kier molecular flexibility index (Phi) is 3.50. The molecule has 6 heteroatoms. The molecule has 1 fully saturated rings. The molecule has 1 saturated heterocycles. The van der Waals surface area contributed by atoms with Crippen LogP contribution < -0.4 is 5.46 Å². The largest absolute Gasteiger partial charge is 0.494 e. The van der Waals surface area contributed by atoms with Gasteiger partial charge in [0.25, 0.3) is 0 Å². The van der Waals surface area contributed by atoms with Crippen LogP contribution in [0.2, 0.25) is 5.02 Å². The van der Waals surface area contributed by atoms with Crippen LogP contribution in [0.15, 0.2) is 12.1 Å². The average Bonchev–Trinajstić information content (AvgIpc) is 2.52. The van der Waals surface area contributed by atoms with Crippen LogP contribution in [0.4, 0.5) is 4.39 Å². The zero-order valence-electron chi connectivity index (χ0n) is 11.3. The third-order valence-corrected chi connectivity index (χ3v) is 4.01. The van der Waals surface area contributed by atoms with Gasteiger partial charge in [-0.3, -0.25) is 4.79 Å². The predicted molar refractivity (Wildman–Crippen MR) is 72.5 cm³/mol. The van der Waals surface area contributed by atoms with E-state index in [1.54, 1.807) is 0 Å². The van der Waals surface area contributed by atoms with Crippen LogP contribution in [0.25, 0.3) is 0 Å². The highest BCUT2D eigenvalue weighted by Gasteiger charge is 2.51. The molecule has 3 nitrogen and oxygen atoms in total. The van der Waals surface area contributed by atoms with Crippen molar-refractivity contribution in [3.05, 3.63) is 28.5 Å². The number of rotatable bonds is 2. The van der Waals surface area contributed by atoms with E-state index in [1.165, 1.54) is 12.1 Å². The van der Waals surface area contributed by atoms with E-state index in [4.69, 9.17) is 20.9 Å². The number of aldehydes is 1. The van der Waals surface area contributed by atoms with E-state index in [2.05, 4.69) is 0 Å². The SMILES string of the molecule is CC1(C)OB(c2cc(Cl)c(F)c(C=O)c2)OC1(C)C. The molecule has 0 atom stereocenters. The molecule has 0 bridgehead atoms. The maximum Gasteiger partial charge on any atom is 0.494 e. The molecule has 19 heavy (non-hydrogen) atoms. The molecule has 0 radical (unpaired) electrons. The van der Waals surface area contributed by atoms with Gasteiger partial charge in [-0.2, -0.15) is 0 Å². The number of carbonyl (C=O) groups excluding carboxylic acids is 1. The summed E-state index contributed by atoms with van der Waals surface area (Å²) in [6.07, 6.45) is 0.427. The Labute approximate surface area is 117 Å². The number of hydrogen-bond donors (Lipinski definition) is 0. The zero-order valence-corrected chi connectivity index (χ0v) is 12.0. The van der Waals surface area contributed by atoms with Gasteiger partial charge in [0.05, 0.1) is 21.8 Å². The molecule has 1 aliphatic rings. The maximum absolute atomic E-state index is 13.5. The van der Waals surface area contributed by atoms with E-state index in [0.29, 0.717) is 11.7 Å². The Hall–Kier alpha value is -0.905. The Bertz CT molecular complexity index is 515. The van der Waals surface area contributed by atoms with E-state index >= 15 is 0 Å². The van der Waals surface area contributed by atoms with Crippen molar-refractivity contribution in [2.75, 3.05) is 0 Å². The maximum atomic E-state index is 13.5. The van der Waals surface area contributed by atoms with Crippen molar-refractivity contribution in [3.63, 3.8) is 0 Å². The standard InChI is InChI=1S/C13H15BClFO3/c1-12(2)13(3,4)19-14(18-12)9-5-8(7-17)11(16)10(15)6-9/h5-7H,1-4H3. The summed E-state index contributed by atoms with van der Waals surface area (Å²) < 4.78 is 25.2. The van der Waals surface area contributed by atoms with Gasteiger partial charge < -0.3 is 9.31 Å². The van der Waals surface area contributed by atoms with E-state index < -0.39 is 24.1 Å². The van der Waals surface area contributed by atoms with Crippen molar-refractivity contribution < 1.29 is 18.5 Å². The van der Waals surface area contributed by atoms with Crippen LogP contribution >= 0.6 is 11.6 Å². The average molecular weight is 285 g/mol. The lowest BCUT2D eigenvalue weighted by Gasteiger charge is -2.32. The second-order valence-corrected chi connectivity index (χ2v) is 6.02. The molecule has 1 aliphatic heterocycles. The monoisotopic (exact) mass is 284 g/mol. The summed E-state index contributed by atoms with van der Waals surface area (Å²) in [4.78, 5) is 10.8. The van der Waals surface area contributed by atoms with Gasteiger partial charge >= 0.3 is 7.12 Å². The number of benzene rings is 1. The molecular weight excluding hydrogens is 269 g/mol. The Morgan fingerprint density at radius 3 is 2.21 bits per heavy atom. The number of hydrogen-bond acceptors (Lipinski definition) is 3. The minimum Gasteiger partial charge on any atom is -0.399 e. The van der Waals surface area contributed by atoms with Crippen molar-refractivity contribution in [3.8, 4) is 0 Å². The van der Waals surface area contributed by atoms with Crippen LogP contribution in [0.5, 0.6) is 0 Å². The third-order valence-electron chi connectivity index (χ3n) is 3.73. The highest BCUT2D eigenvalue weighted by atomic mass is 35.5. The first-order chi connectivity index (χ1) is 8.68. The summed E-state index contributed by atoms with van der Waals surface area (Å²) in [6, 6.07) is 2.82. The second-order valence-electron chi connectivity index (χ2n) is 5.61. The lowest BCUT2D eigenvalue weighted by Crippen LogP contribution is -2.41. The van der Waals surface area contributed by atoms with Gasteiger partial charge in [-0.15, -0.1) is 0 Å². The van der Waals surface area contributed by atoms with E-state index in [1.807, 2.05) is 27.7 Å². The fourth-order valence-corrected chi connectivity index (χ4v) is 2.07. The molecule has 0 aliphatic carbocycles. The second kappa shape index (κ2) is 4.58. The molecule has 0 amide bonds. The van der Waals surface area contributed by atoms with Gasteiger partial charge in [-0.25, -0.2) is 4.39 Å². The normalized spacial score (nSPS) is 20.6. The van der Waals surface area contributed by atoms with E-state index in [9.17, 15) is 9.18 Å². The molecule has 0 unspecified atom stereocenters. The van der Waals surface area contributed by atoms with E-state index in [-0.39, 0.29) is 10.6 Å². The van der Waals surface area contributed by atoms with Crippen molar-refractivity contribution in [2.24, 2.45) is 0 Å². The molecule has 102 valence electrons. The first-order valence-electron chi connectivity index (χ1n) is 5.98. The van der Waals surface area contributed by atoms with Gasteiger partial charge in [-0.1, -0.05) is 11.6 Å². The van der Waals surface area contributed by atoms with Gasteiger partial charge in [0.2, 0.25) is 0 Å². The molecule has 0 N–H and O–H groups in total. The number of halogens is 2. The predicted octanol–water partition coefficient (Wildman–Crippen LogP) is 2.59. The highest BCUT2D eigenvalue weighted by Crippen LogP contribution is 2.36. The van der Waals surface area contributed by atoms with Crippen molar-refractivity contribution in [1.29, 1.82) is 0 Å². The van der Waals surface area contributed by atoms with Gasteiger partial charge in [0.15, 0.2) is 12.1 Å². The quantitative estimate of drug-likeness (QED) is 0.618. The summed E-state index contributed by atoms with van der Waals surface area (Å²) in [5.74, 6) is -0.725. The Morgan fingerprint density at radius 1 is 1.21 bits per heavy atom. The van der Waals surface area contributed by atoms with Gasteiger partial charge in [0, 0.05) is 0 Å². The summed E-state index contributed by atoms with van der Waals surface area (Å²) in [5, 5.41) is -0.116. The first-order valence-corrected chi connectivity index (χ1v) is 6.35. The Morgan fingerprint density at radius 2 is 1.74 bits per heavy atom. The molecule has 0 saturated carbocycles. The summed E-state index contributed by atoms with van der Waals surface area (Å²) in [6.45, 7) is 7.66. The Balaban J connectivity index is 2.40. The fourth-order valence-electron chi connectivity index (χ4n) is 1.83. The van der Waals surface area contributed by atoms with Gasteiger partial charge in [-0.05, 0) is 45.3 Å². The lowest BCUT2D eigenvalue weighted by molar-refractivity contribution is 0.00578. The molecule has 0 aromatic heterocycles. The summed E-state index contributed by atoms with van der Waals surface area (Å²) >= 11 is 5.77. The summed E-state index contributed by atoms with van der Waals surface area (Å²) in [5.41, 5.74) is -0.566. The van der Waals surface area contributed by atoms with Crippen molar-refractivity contribution in [2.45, 2.75) is 38.9 Å². The van der Waals surface area contributed by atoms with Crippen LogP contribution in [-0.4, -0.2) is 24.6 Å². The minimum atomic E-state index is -0.725. The third kappa shape index (κ3) is 2.42. The summed E-state index contributed by atoms with van der Waals surface area (Å²) in [7, 11) is -0.665. The van der Waals surface area contributed by atoms with Crippen molar-refractivity contribution in [1.82, 2.24) is 0 Å². The molecule has 1 aromatic rings. The van der Waals surface area contributed by atoms with E-state index in [0.717, 1.165) is 0 Å². The number of carbonyl (C=O) groups is 1. The highest BCUT2D eigenvalue weighted by molar-refractivity contribution is 6.62. The molecular formula is C13H15BClFO3. The molecule has 1 heterocycles. The van der Waals surface area contributed by atoms with Crippen LogP contribution in [0.1, 0.15) is 38.1 Å². The topological polar surface area (TPSA) is 35.5 Å². The smallest absolute Gasteiger partial charge is 0.399 e. The zero-order chi connectivity index (χ0) is 14.4. The van der Waals surface area contributed by atoms with Crippen LogP contribution in [0.3, 0.4) is 0 Å². The molecule has 1 aromatic carbocycles. The fraction of sp³-hybridized carbons (Fsp3) is 0.462. The van der Waals surface area contributed by atoms with Gasteiger partial charge in [0.1, 0.15) is 0 Å². The van der Waals surface area contributed by atoms with Crippen molar-refractivity contribution >= 4 is 30.5 Å². The minimum absolute atomic E-state index is 0.0998. The lowest BCUT2D eigenvalue weighted by atomic mass is 9.78. The van der Waals surface area contributed by atoms with Crippen LogP contribution in [-0.2, 0) is 9.31 Å². The first kappa shape index (κ1) is 14.5. The van der Waals surface area contributed by atoms with Crippen LogP contribution in [0, 0.1) is 5.82 Å². The molecule has 2 rings (SSSR count). The molecule has 0 spiro atoms.